The van der Waals surface area contributed by atoms with Gasteiger partial charge >= 0.3 is 0 Å². The van der Waals surface area contributed by atoms with Crippen LogP contribution in [0.4, 0.5) is 11.6 Å². The first kappa shape index (κ1) is 11.7. The largest absolute Gasteiger partial charge is 0.381 e. The van der Waals surface area contributed by atoms with Crippen LogP contribution in [0, 0.1) is 5.92 Å². The van der Waals surface area contributed by atoms with Crippen LogP contribution in [0.2, 0.25) is 0 Å². The summed E-state index contributed by atoms with van der Waals surface area (Å²) >= 11 is 0. The molecule has 0 radical (unpaired) electrons. The first-order valence-corrected chi connectivity index (χ1v) is 6.73. The Labute approximate surface area is 107 Å². The Morgan fingerprint density at radius 3 is 2.78 bits per heavy atom. The molecule has 1 saturated carbocycles. The van der Waals surface area contributed by atoms with Gasteiger partial charge in [-0.25, -0.2) is 9.97 Å². The van der Waals surface area contributed by atoms with Crippen LogP contribution in [0.15, 0.2) is 6.07 Å². The molecule has 3 rings (SSSR count). The number of anilines is 2. The number of hydrogen-bond donors (Lipinski definition) is 2. The summed E-state index contributed by atoms with van der Waals surface area (Å²) in [6.07, 6.45) is 3.60. The van der Waals surface area contributed by atoms with Crippen LogP contribution >= 0.6 is 0 Å². The molecule has 1 unspecified atom stereocenters. The Morgan fingerprint density at radius 1 is 1.28 bits per heavy atom. The normalized spacial score (nSPS) is 23.1. The van der Waals surface area contributed by atoms with Gasteiger partial charge in [0.25, 0.3) is 0 Å². The Morgan fingerprint density at radius 2 is 2.11 bits per heavy atom. The molecule has 2 aliphatic rings. The van der Waals surface area contributed by atoms with Crippen molar-refractivity contribution in [3.8, 4) is 0 Å². The molecule has 2 N–H and O–H groups in total. The molecule has 0 spiro atoms. The van der Waals surface area contributed by atoms with Crippen molar-refractivity contribution in [3.63, 3.8) is 0 Å². The van der Waals surface area contributed by atoms with Gasteiger partial charge in [0.05, 0.1) is 6.61 Å². The zero-order valence-corrected chi connectivity index (χ0v) is 10.8. The average molecular weight is 248 g/mol. The minimum absolute atomic E-state index is 0.577. The molecule has 0 amide bonds. The van der Waals surface area contributed by atoms with E-state index in [1.807, 2.05) is 13.1 Å². The maximum atomic E-state index is 5.38. The first-order valence-electron chi connectivity index (χ1n) is 6.73. The molecular weight excluding hydrogens is 228 g/mol. The van der Waals surface area contributed by atoms with Crippen LogP contribution < -0.4 is 10.6 Å². The summed E-state index contributed by atoms with van der Waals surface area (Å²) in [5.74, 6) is 4.00. The van der Waals surface area contributed by atoms with Crippen LogP contribution in [-0.4, -0.2) is 36.8 Å². The SMILES string of the molecule is CNc1cc(NCC2CCOC2)nc(C2CC2)n1. The molecule has 1 atom stereocenters. The van der Waals surface area contributed by atoms with Crippen molar-refractivity contribution < 1.29 is 4.74 Å². The lowest BCUT2D eigenvalue weighted by Crippen LogP contribution is -2.15. The summed E-state index contributed by atoms with van der Waals surface area (Å²) in [5, 5.41) is 6.52. The van der Waals surface area contributed by atoms with Gasteiger partial charge in [0.2, 0.25) is 0 Å². The third-order valence-corrected chi connectivity index (χ3v) is 3.54. The van der Waals surface area contributed by atoms with E-state index in [9.17, 15) is 0 Å². The summed E-state index contributed by atoms with van der Waals surface area (Å²) < 4.78 is 5.38. The lowest BCUT2D eigenvalue weighted by Gasteiger charge is -2.12. The number of nitrogens with zero attached hydrogens (tertiary/aromatic N) is 2. The van der Waals surface area contributed by atoms with Crippen molar-refractivity contribution in [2.45, 2.75) is 25.2 Å². The quantitative estimate of drug-likeness (QED) is 0.832. The van der Waals surface area contributed by atoms with Gasteiger partial charge in [-0.2, -0.15) is 0 Å². The number of rotatable bonds is 5. The maximum Gasteiger partial charge on any atom is 0.136 e. The van der Waals surface area contributed by atoms with Gasteiger partial charge in [0.1, 0.15) is 17.5 Å². The van der Waals surface area contributed by atoms with E-state index in [0.717, 1.165) is 43.6 Å². The monoisotopic (exact) mass is 248 g/mol. The third kappa shape index (κ3) is 2.72. The van der Waals surface area contributed by atoms with Gasteiger partial charge in [-0.05, 0) is 19.3 Å². The first-order chi connectivity index (χ1) is 8.85. The molecule has 1 aliphatic carbocycles. The van der Waals surface area contributed by atoms with Crippen LogP contribution in [0.25, 0.3) is 0 Å². The van der Waals surface area contributed by atoms with Gasteiger partial charge in [0.15, 0.2) is 0 Å². The predicted octanol–water partition coefficient (Wildman–Crippen LogP) is 1.84. The van der Waals surface area contributed by atoms with Crippen molar-refractivity contribution in [2.24, 2.45) is 5.92 Å². The molecule has 1 saturated heterocycles. The highest BCUT2D eigenvalue weighted by Gasteiger charge is 2.27. The highest BCUT2D eigenvalue weighted by Crippen LogP contribution is 2.38. The van der Waals surface area contributed by atoms with E-state index in [4.69, 9.17) is 4.74 Å². The fourth-order valence-electron chi connectivity index (χ4n) is 2.20. The van der Waals surface area contributed by atoms with E-state index in [0.29, 0.717) is 11.8 Å². The molecular formula is C13H20N4O. The molecule has 98 valence electrons. The highest BCUT2D eigenvalue weighted by molar-refractivity contribution is 5.47. The van der Waals surface area contributed by atoms with Gasteiger partial charge in [-0.1, -0.05) is 0 Å². The Balaban J connectivity index is 1.67. The second kappa shape index (κ2) is 5.10. The summed E-state index contributed by atoms with van der Waals surface area (Å²) in [6, 6.07) is 1.97. The summed E-state index contributed by atoms with van der Waals surface area (Å²) in [5.41, 5.74) is 0. The summed E-state index contributed by atoms with van der Waals surface area (Å²) in [4.78, 5) is 9.11. The van der Waals surface area contributed by atoms with Crippen molar-refractivity contribution in [1.29, 1.82) is 0 Å². The third-order valence-electron chi connectivity index (χ3n) is 3.54. The van der Waals surface area contributed by atoms with Gasteiger partial charge in [0, 0.05) is 38.1 Å². The summed E-state index contributed by atoms with van der Waals surface area (Å²) in [7, 11) is 1.90. The Kier molecular flexibility index (Phi) is 3.32. The highest BCUT2D eigenvalue weighted by atomic mass is 16.5. The van der Waals surface area contributed by atoms with E-state index in [-0.39, 0.29) is 0 Å². The van der Waals surface area contributed by atoms with Crippen molar-refractivity contribution in [3.05, 3.63) is 11.9 Å². The van der Waals surface area contributed by atoms with Gasteiger partial charge < -0.3 is 15.4 Å². The molecule has 1 aromatic rings. The zero-order chi connectivity index (χ0) is 12.4. The average Bonchev–Trinajstić information content (AvgIpc) is 3.13. The van der Waals surface area contributed by atoms with Gasteiger partial charge in [-0.15, -0.1) is 0 Å². The molecule has 0 bridgehead atoms. The Hall–Kier alpha value is -1.36. The molecule has 5 nitrogen and oxygen atoms in total. The van der Waals surface area contributed by atoms with Crippen molar-refractivity contribution in [2.75, 3.05) is 37.4 Å². The van der Waals surface area contributed by atoms with Crippen LogP contribution in [-0.2, 0) is 4.74 Å². The number of aromatic nitrogens is 2. The lowest BCUT2D eigenvalue weighted by molar-refractivity contribution is 0.187. The molecule has 18 heavy (non-hydrogen) atoms. The second-order valence-corrected chi connectivity index (χ2v) is 5.13. The van der Waals surface area contributed by atoms with Crippen molar-refractivity contribution in [1.82, 2.24) is 9.97 Å². The lowest BCUT2D eigenvalue weighted by atomic mass is 10.1. The van der Waals surface area contributed by atoms with Gasteiger partial charge in [-0.3, -0.25) is 0 Å². The topological polar surface area (TPSA) is 59.1 Å². The van der Waals surface area contributed by atoms with Crippen LogP contribution in [0.3, 0.4) is 0 Å². The number of ether oxygens (including phenoxy) is 1. The number of hydrogen-bond acceptors (Lipinski definition) is 5. The molecule has 2 fully saturated rings. The smallest absolute Gasteiger partial charge is 0.136 e. The van der Waals surface area contributed by atoms with Crippen LogP contribution in [0.5, 0.6) is 0 Å². The predicted molar refractivity (Wildman–Crippen MR) is 71.0 cm³/mol. The standard InChI is InChI=1S/C13H20N4O/c1-14-11-6-12(15-7-9-4-5-18-8-9)17-13(16-11)10-2-3-10/h6,9-10H,2-5,7-8H2,1H3,(H2,14,15,16,17). The van der Waals surface area contributed by atoms with E-state index < -0.39 is 0 Å². The summed E-state index contributed by atoms with van der Waals surface area (Å²) in [6.45, 7) is 2.70. The van der Waals surface area contributed by atoms with Crippen molar-refractivity contribution >= 4 is 11.6 Å². The van der Waals surface area contributed by atoms with E-state index in [1.54, 1.807) is 0 Å². The minimum atomic E-state index is 0.577. The van der Waals surface area contributed by atoms with E-state index in [1.165, 1.54) is 12.8 Å². The fraction of sp³-hybridized carbons (Fsp3) is 0.692. The fourth-order valence-corrected chi connectivity index (χ4v) is 2.20. The maximum absolute atomic E-state index is 5.38. The van der Waals surface area contributed by atoms with E-state index in [2.05, 4.69) is 20.6 Å². The number of nitrogens with one attached hydrogen (secondary N) is 2. The molecule has 5 heteroatoms. The van der Waals surface area contributed by atoms with E-state index >= 15 is 0 Å². The zero-order valence-electron chi connectivity index (χ0n) is 10.8. The molecule has 1 aromatic heterocycles. The minimum Gasteiger partial charge on any atom is -0.381 e. The second-order valence-electron chi connectivity index (χ2n) is 5.13. The molecule has 0 aromatic carbocycles. The van der Waals surface area contributed by atoms with Crippen LogP contribution in [0.1, 0.15) is 31.0 Å². The molecule has 1 aliphatic heterocycles. The molecule has 2 heterocycles. The Bertz CT molecular complexity index is 413.